The molecule has 0 bridgehead atoms. The first-order chi connectivity index (χ1) is 7.79. The van der Waals surface area contributed by atoms with E-state index in [1.54, 1.807) is 0 Å². The molecule has 0 aromatic heterocycles. The van der Waals surface area contributed by atoms with Crippen molar-refractivity contribution in [2.75, 3.05) is 0 Å². The van der Waals surface area contributed by atoms with E-state index in [0.717, 1.165) is 17.9 Å². The van der Waals surface area contributed by atoms with E-state index in [2.05, 4.69) is 9.84 Å². The third-order valence-electron chi connectivity index (χ3n) is 3.69. The highest BCUT2D eigenvalue weighted by Gasteiger charge is 2.35. The molecular weight excluding hydrogens is 198 g/mol. The van der Waals surface area contributed by atoms with Crippen LogP contribution in [0.1, 0.15) is 30.7 Å². The molecule has 1 aliphatic heterocycles. The lowest BCUT2D eigenvalue weighted by atomic mass is 9.84. The van der Waals surface area contributed by atoms with Crippen LogP contribution in [0, 0.1) is 12.5 Å². The summed E-state index contributed by atoms with van der Waals surface area (Å²) < 4.78 is 0. The number of fused-ring (bicyclic) bond motifs is 3. The van der Waals surface area contributed by atoms with Crippen LogP contribution in [0.2, 0.25) is 0 Å². The molecule has 2 unspecified atom stereocenters. The molecule has 1 saturated carbocycles. The van der Waals surface area contributed by atoms with Crippen molar-refractivity contribution >= 4 is 17.2 Å². The van der Waals surface area contributed by atoms with Gasteiger partial charge in [0.2, 0.25) is 0 Å². The number of rotatable bonds is 0. The second-order valence-electron chi connectivity index (χ2n) is 4.54. The van der Waals surface area contributed by atoms with Crippen LogP contribution in [0.3, 0.4) is 0 Å². The molecule has 2 aliphatic rings. The molecule has 80 valence electrons. The molecule has 1 aliphatic carbocycles. The van der Waals surface area contributed by atoms with Gasteiger partial charge in [0.15, 0.2) is 5.69 Å². The first-order valence-electron chi connectivity index (χ1n) is 5.65. The zero-order chi connectivity index (χ0) is 11.1. The van der Waals surface area contributed by atoms with Crippen molar-refractivity contribution in [3.63, 3.8) is 0 Å². The van der Waals surface area contributed by atoms with Crippen LogP contribution in [0.5, 0.6) is 0 Å². The Bertz CT molecular complexity index is 510. The number of nitrogens with two attached hydrogens (primary N) is 1. The zero-order valence-corrected chi connectivity index (χ0v) is 8.98. The summed E-state index contributed by atoms with van der Waals surface area (Å²) in [5.74, 6) is 1.69. The third kappa shape index (κ3) is 1.23. The van der Waals surface area contributed by atoms with Gasteiger partial charge in [0.25, 0.3) is 0 Å². The van der Waals surface area contributed by atoms with Crippen molar-refractivity contribution in [1.29, 1.82) is 0 Å². The van der Waals surface area contributed by atoms with Crippen LogP contribution in [-0.4, -0.2) is 5.84 Å². The molecule has 2 N–H and O–H groups in total. The molecular formula is C13H13N3. The lowest BCUT2D eigenvalue weighted by Crippen LogP contribution is -2.28. The summed E-state index contributed by atoms with van der Waals surface area (Å²) in [4.78, 5) is 7.94. The fourth-order valence-corrected chi connectivity index (χ4v) is 2.92. The van der Waals surface area contributed by atoms with Gasteiger partial charge in [0.1, 0.15) is 5.84 Å². The maximum Gasteiger partial charge on any atom is 0.187 e. The summed E-state index contributed by atoms with van der Waals surface area (Å²) >= 11 is 0. The Kier molecular flexibility index (Phi) is 1.97. The molecule has 3 nitrogen and oxygen atoms in total. The summed E-state index contributed by atoms with van der Waals surface area (Å²) in [6.45, 7) is 7.05. The monoisotopic (exact) mass is 211 g/mol. The van der Waals surface area contributed by atoms with Gasteiger partial charge in [-0.3, -0.25) is 0 Å². The molecule has 0 amide bonds. The Labute approximate surface area is 94.8 Å². The van der Waals surface area contributed by atoms with Crippen LogP contribution >= 0.6 is 0 Å². The Balaban J connectivity index is 2.16. The van der Waals surface area contributed by atoms with Crippen LogP contribution in [0.15, 0.2) is 23.2 Å². The molecule has 0 spiro atoms. The lowest BCUT2D eigenvalue weighted by Gasteiger charge is -2.26. The highest BCUT2D eigenvalue weighted by Crippen LogP contribution is 2.47. The fraction of sp³-hybridized carbons (Fsp3) is 0.385. The summed E-state index contributed by atoms with van der Waals surface area (Å²) in [5.41, 5.74) is 8.90. The number of hydrogen-bond donors (Lipinski definition) is 1. The van der Waals surface area contributed by atoms with Crippen molar-refractivity contribution in [2.24, 2.45) is 16.6 Å². The quantitative estimate of drug-likeness (QED) is 0.658. The van der Waals surface area contributed by atoms with Gasteiger partial charge in [0.05, 0.1) is 12.3 Å². The molecule has 3 heteroatoms. The summed E-state index contributed by atoms with van der Waals surface area (Å²) in [5, 5.41) is 0. The summed E-state index contributed by atoms with van der Waals surface area (Å²) in [7, 11) is 0. The number of amidine groups is 1. The minimum Gasteiger partial charge on any atom is -0.387 e. The fourth-order valence-electron chi connectivity index (χ4n) is 2.92. The van der Waals surface area contributed by atoms with Gasteiger partial charge < -0.3 is 5.73 Å². The van der Waals surface area contributed by atoms with Crippen molar-refractivity contribution in [2.45, 2.75) is 25.2 Å². The largest absolute Gasteiger partial charge is 0.387 e. The number of aliphatic imine (C=N–C) groups is 1. The average molecular weight is 211 g/mol. The van der Waals surface area contributed by atoms with Crippen molar-refractivity contribution in [3.8, 4) is 0 Å². The van der Waals surface area contributed by atoms with Crippen molar-refractivity contribution in [1.82, 2.24) is 0 Å². The smallest absolute Gasteiger partial charge is 0.187 e. The first kappa shape index (κ1) is 9.41. The van der Waals surface area contributed by atoms with Gasteiger partial charge in [-0.15, -0.1) is 0 Å². The Hall–Kier alpha value is -1.82. The first-order valence-corrected chi connectivity index (χ1v) is 5.65. The minimum atomic E-state index is 0.411. The molecule has 1 aromatic carbocycles. The zero-order valence-electron chi connectivity index (χ0n) is 8.98. The van der Waals surface area contributed by atoms with E-state index >= 15 is 0 Å². The Morgan fingerprint density at radius 3 is 2.94 bits per heavy atom. The van der Waals surface area contributed by atoms with Gasteiger partial charge >= 0.3 is 0 Å². The van der Waals surface area contributed by atoms with E-state index in [4.69, 9.17) is 12.3 Å². The lowest BCUT2D eigenvalue weighted by molar-refractivity contribution is 0.610. The average Bonchev–Trinajstić information content (AvgIpc) is 2.78. The normalized spacial score (nSPS) is 26.6. The van der Waals surface area contributed by atoms with E-state index in [1.807, 2.05) is 18.2 Å². The number of hydrogen-bond acceptors (Lipinski definition) is 2. The maximum atomic E-state index is 7.05. The van der Waals surface area contributed by atoms with Crippen molar-refractivity contribution < 1.29 is 0 Å². The molecule has 1 fully saturated rings. The number of nitrogens with zero attached hydrogens (tertiary/aromatic N) is 2. The summed E-state index contributed by atoms with van der Waals surface area (Å²) in [6, 6.07) is 5.73. The second-order valence-corrected chi connectivity index (χ2v) is 4.54. The SMILES string of the molecule is [C-]#[N+]c1ccc2c(c1)C1CCCC1C(N)=N2. The Morgan fingerprint density at radius 1 is 1.31 bits per heavy atom. The van der Waals surface area contributed by atoms with Gasteiger partial charge in [0, 0.05) is 5.92 Å². The molecule has 2 atom stereocenters. The Morgan fingerprint density at radius 2 is 2.12 bits per heavy atom. The second kappa shape index (κ2) is 3.34. The van der Waals surface area contributed by atoms with E-state index < -0.39 is 0 Å². The van der Waals surface area contributed by atoms with Crippen LogP contribution < -0.4 is 5.73 Å². The molecule has 1 heterocycles. The van der Waals surface area contributed by atoms with Crippen molar-refractivity contribution in [3.05, 3.63) is 35.2 Å². The third-order valence-corrected chi connectivity index (χ3v) is 3.69. The number of benzene rings is 1. The molecule has 1 aromatic rings. The standard InChI is InChI=1S/C13H13N3/c1-15-8-5-6-12-11(7-8)9-3-2-4-10(9)13(14)16-12/h5-7,9-10H,2-4H2,(H2,14,16). The predicted octanol–water partition coefficient (Wildman–Crippen LogP) is 3.12. The van der Waals surface area contributed by atoms with E-state index in [0.29, 0.717) is 17.5 Å². The highest BCUT2D eigenvalue weighted by molar-refractivity contribution is 5.89. The van der Waals surface area contributed by atoms with E-state index in [9.17, 15) is 0 Å². The van der Waals surface area contributed by atoms with Gasteiger partial charge in [-0.25, -0.2) is 9.84 Å². The molecule has 0 radical (unpaired) electrons. The molecule has 3 rings (SSSR count). The van der Waals surface area contributed by atoms with Crippen LogP contribution in [0.25, 0.3) is 4.85 Å². The van der Waals surface area contributed by atoms with E-state index in [-0.39, 0.29) is 0 Å². The summed E-state index contributed by atoms with van der Waals surface area (Å²) in [6.07, 6.45) is 3.53. The molecule has 16 heavy (non-hydrogen) atoms. The maximum absolute atomic E-state index is 7.05. The van der Waals surface area contributed by atoms with Crippen LogP contribution in [0.4, 0.5) is 11.4 Å². The highest BCUT2D eigenvalue weighted by atomic mass is 14.9. The van der Waals surface area contributed by atoms with E-state index in [1.165, 1.54) is 18.4 Å². The molecule has 0 saturated heterocycles. The van der Waals surface area contributed by atoms with Gasteiger partial charge in [-0.2, -0.15) is 0 Å². The van der Waals surface area contributed by atoms with Gasteiger partial charge in [-0.1, -0.05) is 18.6 Å². The van der Waals surface area contributed by atoms with Crippen LogP contribution in [-0.2, 0) is 0 Å². The minimum absolute atomic E-state index is 0.411. The topological polar surface area (TPSA) is 42.7 Å². The predicted molar refractivity (Wildman–Crippen MR) is 64.1 cm³/mol. The van der Waals surface area contributed by atoms with Gasteiger partial charge in [-0.05, 0) is 30.4 Å².